The standard InChI is InChI=1S/C16H16BrNO2/c1-11-7-14(15(19)8-17)5-6-16(11)20-10-13-4-3-12(2)18-9-13/h3-7,9H,8,10H2,1-2H3. The number of carbonyl (C=O) groups excluding carboxylic acids is 1. The third-order valence-electron chi connectivity index (χ3n) is 2.99. The minimum absolute atomic E-state index is 0.0717. The van der Waals surface area contributed by atoms with E-state index >= 15 is 0 Å². The van der Waals surface area contributed by atoms with E-state index in [4.69, 9.17) is 4.74 Å². The van der Waals surface area contributed by atoms with Crippen molar-refractivity contribution >= 4 is 21.7 Å². The Morgan fingerprint density at radius 2 is 2.05 bits per heavy atom. The topological polar surface area (TPSA) is 39.2 Å². The summed E-state index contributed by atoms with van der Waals surface area (Å²) in [4.78, 5) is 15.8. The van der Waals surface area contributed by atoms with Crippen LogP contribution in [0, 0.1) is 13.8 Å². The van der Waals surface area contributed by atoms with Crippen LogP contribution in [-0.4, -0.2) is 16.1 Å². The lowest BCUT2D eigenvalue weighted by Gasteiger charge is -2.10. The zero-order valence-corrected chi connectivity index (χ0v) is 13.1. The molecule has 0 fully saturated rings. The summed E-state index contributed by atoms with van der Waals surface area (Å²) >= 11 is 3.17. The van der Waals surface area contributed by atoms with E-state index in [1.54, 1.807) is 6.07 Å². The highest BCUT2D eigenvalue weighted by atomic mass is 79.9. The molecular weight excluding hydrogens is 318 g/mol. The maximum absolute atomic E-state index is 11.6. The van der Waals surface area contributed by atoms with Gasteiger partial charge in [0.05, 0.1) is 5.33 Å². The molecule has 0 aliphatic heterocycles. The molecule has 0 radical (unpaired) electrons. The minimum atomic E-state index is 0.0717. The fourth-order valence-electron chi connectivity index (χ4n) is 1.81. The highest BCUT2D eigenvalue weighted by Gasteiger charge is 2.07. The summed E-state index contributed by atoms with van der Waals surface area (Å²) in [5.74, 6) is 0.860. The first-order chi connectivity index (χ1) is 9.60. The molecule has 4 heteroatoms. The number of aryl methyl sites for hydroxylation is 2. The second kappa shape index (κ2) is 6.66. The summed E-state index contributed by atoms with van der Waals surface area (Å²) in [5.41, 5.74) is 3.67. The number of benzene rings is 1. The number of aromatic nitrogens is 1. The van der Waals surface area contributed by atoms with E-state index in [-0.39, 0.29) is 5.78 Å². The first kappa shape index (κ1) is 14.7. The second-order valence-electron chi connectivity index (χ2n) is 4.63. The number of nitrogens with zero attached hydrogens (tertiary/aromatic N) is 1. The van der Waals surface area contributed by atoms with Crippen molar-refractivity contribution in [3.8, 4) is 5.75 Å². The van der Waals surface area contributed by atoms with Gasteiger partial charge < -0.3 is 4.74 Å². The monoisotopic (exact) mass is 333 g/mol. The molecule has 0 saturated carbocycles. The summed E-state index contributed by atoms with van der Waals surface area (Å²) in [7, 11) is 0. The Hall–Kier alpha value is -1.68. The summed E-state index contributed by atoms with van der Waals surface area (Å²) in [6.07, 6.45) is 1.81. The van der Waals surface area contributed by atoms with E-state index in [2.05, 4.69) is 20.9 Å². The molecule has 0 atom stereocenters. The van der Waals surface area contributed by atoms with Crippen molar-refractivity contribution in [3.63, 3.8) is 0 Å². The average molecular weight is 334 g/mol. The smallest absolute Gasteiger partial charge is 0.173 e. The fraction of sp³-hybridized carbons (Fsp3) is 0.250. The number of carbonyl (C=O) groups is 1. The van der Waals surface area contributed by atoms with Crippen LogP contribution in [0.4, 0.5) is 0 Å². The van der Waals surface area contributed by atoms with Crippen molar-refractivity contribution in [2.75, 3.05) is 5.33 Å². The van der Waals surface area contributed by atoms with E-state index in [1.165, 1.54) is 0 Å². The van der Waals surface area contributed by atoms with Gasteiger partial charge in [-0.25, -0.2) is 0 Å². The predicted octanol–water partition coefficient (Wildman–Crippen LogP) is 3.86. The third-order valence-corrected chi connectivity index (χ3v) is 3.49. The second-order valence-corrected chi connectivity index (χ2v) is 5.19. The molecule has 0 saturated heterocycles. The van der Waals surface area contributed by atoms with Gasteiger partial charge in [0.2, 0.25) is 0 Å². The lowest BCUT2D eigenvalue weighted by molar-refractivity contribution is 0.102. The number of hydrogen-bond acceptors (Lipinski definition) is 3. The van der Waals surface area contributed by atoms with Crippen LogP contribution in [0.1, 0.15) is 27.2 Å². The molecule has 3 nitrogen and oxygen atoms in total. The van der Waals surface area contributed by atoms with Crippen molar-refractivity contribution in [2.45, 2.75) is 20.5 Å². The van der Waals surface area contributed by atoms with Gasteiger partial charge in [-0.3, -0.25) is 9.78 Å². The molecule has 0 unspecified atom stereocenters. The summed E-state index contributed by atoms with van der Waals surface area (Å²) < 4.78 is 5.77. The first-order valence-electron chi connectivity index (χ1n) is 6.34. The van der Waals surface area contributed by atoms with E-state index in [1.807, 2.05) is 44.3 Å². The zero-order chi connectivity index (χ0) is 14.5. The van der Waals surface area contributed by atoms with Crippen molar-refractivity contribution in [1.29, 1.82) is 0 Å². The van der Waals surface area contributed by atoms with Gasteiger partial charge in [0.15, 0.2) is 5.78 Å². The number of ketones is 1. The van der Waals surface area contributed by atoms with Gasteiger partial charge in [-0.15, -0.1) is 0 Å². The molecule has 0 amide bonds. The van der Waals surface area contributed by atoms with Crippen molar-refractivity contribution in [2.24, 2.45) is 0 Å². The van der Waals surface area contributed by atoms with Crippen LogP contribution in [0.25, 0.3) is 0 Å². The highest BCUT2D eigenvalue weighted by molar-refractivity contribution is 9.09. The highest BCUT2D eigenvalue weighted by Crippen LogP contribution is 2.21. The maximum atomic E-state index is 11.6. The Morgan fingerprint density at radius 3 is 2.65 bits per heavy atom. The van der Waals surface area contributed by atoms with Gasteiger partial charge in [-0.05, 0) is 43.7 Å². The van der Waals surface area contributed by atoms with Crippen LogP contribution in [0.5, 0.6) is 5.75 Å². The van der Waals surface area contributed by atoms with Gasteiger partial charge in [0, 0.05) is 23.0 Å². The van der Waals surface area contributed by atoms with Crippen LogP contribution < -0.4 is 4.74 Å². The van der Waals surface area contributed by atoms with E-state index in [0.29, 0.717) is 17.5 Å². The zero-order valence-electron chi connectivity index (χ0n) is 11.5. The molecule has 2 rings (SSSR count). The molecule has 104 valence electrons. The van der Waals surface area contributed by atoms with Crippen molar-refractivity contribution < 1.29 is 9.53 Å². The molecule has 0 bridgehead atoms. The number of halogens is 1. The predicted molar refractivity (Wildman–Crippen MR) is 82.6 cm³/mol. The number of pyridine rings is 1. The summed E-state index contributed by atoms with van der Waals surface area (Å²) in [6.45, 7) is 4.36. The molecule has 0 spiro atoms. The Bertz CT molecular complexity index is 608. The molecular formula is C16H16BrNO2. The number of alkyl halides is 1. The largest absolute Gasteiger partial charge is 0.489 e. The molecule has 2 aromatic rings. The molecule has 20 heavy (non-hydrogen) atoms. The van der Waals surface area contributed by atoms with E-state index in [9.17, 15) is 4.79 Å². The van der Waals surface area contributed by atoms with Gasteiger partial charge in [0.25, 0.3) is 0 Å². The molecule has 1 heterocycles. The Kier molecular flexibility index (Phi) is 4.90. The molecule has 0 aliphatic rings. The van der Waals surface area contributed by atoms with Crippen molar-refractivity contribution in [3.05, 3.63) is 58.9 Å². The molecule has 1 aromatic heterocycles. The number of rotatable bonds is 5. The number of ether oxygens (including phenoxy) is 1. The minimum Gasteiger partial charge on any atom is -0.489 e. The Morgan fingerprint density at radius 1 is 1.25 bits per heavy atom. The molecule has 1 aromatic carbocycles. The molecule has 0 aliphatic carbocycles. The van der Waals surface area contributed by atoms with Crippen LogP contribution in [0.3, 0.4) is 0 Å². The fourth-order valence-corrected chi connectivity index (χ4v) is 2.13. The Balaban J connectivity index is 2.06. The average Bonchev–Trinajstić information content (AvgIpc) is 2.46. The van der Waals surface area contributed by atoms with Gasteiger partial charge in [0.1, 0.15) is 12.4 Å². The Labute approximate surface area is 127 Å². The first-order valence-corrected chi connectivity index (χ1v) is 7.46. The number of hydrogen-bond donors (Lipinski definition) is 0. The van der Waals surface area contributed by atoms with Crippen LogP contribution in [-0.2, 0) is 6.61 Å². The van der Waals surface area contributed by atoms with Crippen LogP contribution in [0.15, 0.2) is 36.5 Å². The van der Waals surface area contributed by atoms with Gasteiger partial charge >= 0.3 is 0 Å². The van der Waals surface area contributed by atoms with E-state index < -0.39 is 0 Å². The molecule has 0 N–H and O–H groups in total. The lowest BCUT2D eigenvalue weighted by Crippen LogP contribution is -2.02. The number of Topliss-reactive ketones (excluding diaryl/α,β-unsaturated/α-hetero) is 1. The lowest BCUT2D eigenvalue weighted by atomic mass is 10.1. The van der Waals surface area contributed by atoms with Crippen molar-refractivity contribution in [1.82, 2.24) is 4.98 Å². The SMILES string of the molecule is Cc1ccc(COc2ccc(C(=O)CBr)cc2C)cn1. The normalized spacial score (nSPS) is 10.3. The van der Waals surface area contributed by atoms with Gasteiger partial charge in [-0.1, -0.05) is 22.0 Å². The van der Waals surface area contributed by atoms with Crippen LogP contribution in [0.2, 0.25) is 0 Å². The maximum Gasteiger partial charge on any atom is 0.173 e. The quantitative estimate of drug-likeness (QED) is 0.616. The van der Waals surface area contributed by atoms with E-state index in [0.717, 1.165) is 22.6 Å². The van der Waals surface area contributed by atoms with Crippen LogP contribution >= 0.6 is 15.9 Å². The van der Waals surface area contributed by atoms with Gasteiger partial charge in [-0.2, -0.15) is 0 Å². The third kappa shape index (κ3) is 3.67. The summed E-state index contributed by atoms with van der Waals surface area (Å²) in [6, 6.07) is 9.45. The summed E-state index contributed by atoms with van der Waals surface area (Å²) in [5, 5.41) is 0.335.